The highest BCUT2D eigenvalue weighted by Gasteiger charge is 2.45. The highest BCUT2D eigenvalue weighted by atomic mass is 16.2. The van der Waals surface area contributed by atoms with Crippen LogP contribution in [0.25, 0.3) is 22.3 Å². The maximum Gasteiger partial charge on any atom is 0.264 e. The van der Waals surface area contributed by atoms with Gasteiger partial charge in [-0.15, -0.1) is 0 Å². The second-order valence-corrected chi connectivity index (χ2v) is 11.7. The van der Waals surface area contributed by atoms with Crippen LogP contribution in [0.5, 0.6) is 0 Å². The lowest BCUT2D eigenvalue weighted by Gasteiger charge is -2.27. The molecule has 0 spiro atoms. The first-order valence-electron chi connectivity index (χ1n) is 15.4. The van der Waals surface area contributed by atoms with Gasteiger partial charge in [0.05, 0.1) is 39.7 Å². The van der Waals surface area contributed by atoms with Crippen molar-refractivity contribution in [1.29, 1.82) is 0 Å². The lowest BCUT2D eigenvalue weighted by Crippen LogP contribution is -2.54. The molecule has 1 unspecified atom stereocenters. The van der Waals surface area contributed by atoms with E-state index in [1.165, 1.54) is 0 Å². The number of aromatic nitrogens is 4. The Morgan fingerprint density at radius 1 is 0.864 bits per heavy atom. The van der Waals surface area contributed by atoms with Gasteiger partial charge in [-0.25, -0.2) is 9.97 Å². The van der Waals surface area contributed by atoms with Gasteiger partial charge in [-0.2, -0.15) is 5.10 Å². The molecule has 2 aromatic heterocycles. The zero-order valence-corrected chi connectivity index (χ0v) is 24.3. The Kier molecular flexibility index (Phi) is 7.37. The molecule has 7 rings (SSSR count). The number of piperidine rings is 1. The summed E-state index contributed by atoms with van der Waals surface area (Å²) in [6, 6.07) is 12.1. The summed E-state index contributed by atoms with van der Waals surface area (Å²) in [4.78, 5) is 61.1. The normalized spacial score (nSPS) is 18.2. The maximum absolute atomic E-state index is 13.3. The number of amides is 4. The number of nitrogens with zero attached hydrogens (tertiary/aromatic N) is 5. The molecule has 2 N–H and O–H groups in total. The predicted octanol–water partition coefficient (Wildman–Crippen LogP) is 4.44. The Hall–Kier alpha value is -4.93. The Bertz CT molecular complexity index is 1790. The third-order valence-electron chi connectivity index (χ3n) is 8.57. The molecule has 3 aliphatic rings. The molecule has 4 amide bonds. The summed E-state index contributed by atoms with van der Waals surface area (Å²) >= 11 is 0. The number of para-hydroxylation sites is 2. The van der Waals surface area contributed by atoms with Crippen LogP contribution in [-0.2, 0) is 16.1 Å². The van der Waals surface area contributed by atoms with Crippen molar-refractivity contribution in [2.45, 2.75) is 69.9 Å². The zero-order valence-electron chi connectivity index (χ0n) is 24.3. The fraction of sp³-hybridized carbons (Fsp3) is 0.364. The van der Waals surface area contributed by atoms with Crippen LogP contribution in [0.2, 0.25) is 0 Å². The van der Waals surface area contributed by atoms with Gasteiger partial charge in [-0.1, -0.05) is 31.0 Å². The highest BCUT2D eigenvalue weighted by molar-refractivity contribution is 6.25. The van der Waals surface area contributed by atoms with Crippen molar-refractivity contribution in [3.63, 3.8) is 0 Å². The zero-order chi connectivity index (χ0) is 30.2. The first-order valence-corrected chi connectivity index (χ1v) is 15.4. The number of anilines is 1. The summed E-state index contributed by atoms with van der Waals surface area (Å²) in [5.41, 5.74) is 6.02. The van der Waals surface area contributed by atoms with E-state index in [1.54, 1.807) is 18.2 Å². The van der Waals surface area contributed by atoms with Crippen LogP contribution >= 0.6 is 0 Å². The van der Waals surface area contributed by atoms with Crippen LogP contribution in [0, 0.1) is 0 Å². The SMILES string of the molecule is O=C1CCC(N2C(=O)c3cccc(NCCCCCCn4cc(-c5nc6ccccc6nc5C5CC5)cn4)c3C2=O)C(=O)N1. The fourth-order valence-electron chi connectivity index (χ4n) is 6.11. The molecule has 0 radical (unpaired) electrons. The highest BCUT2D eigenvalue weighted by Crippen LogP contribution is 2.43. The van der Waals surface area contributed by atoms with Crippen LogP contribution in [0.1, 0.15) is 83.7 Å². The van der Waals surface area contributed by atoms with E-state index in [9.17, 15) is 19.2 Å². The minimum Gasteiger partial charge on any atom is -0.384 e. The molecular weight excluding hydrogens is 558 g/mol. The number of unbranched alkanes of at least 4 members (excludes halogenated alkanes) is 3. The molecule has 2 aliphatic heterocycles. The van der Waals surface area contributed by atoms with Gasteiger partial charge in [0.1, 0.15) is 6.04 Å². The van der Waals surface area contributed by atoms with Gasteiger partial charge in [-0.05, 0) is 56.4 Å². The number of carbonyl (C=O) groups is 4. The molecule has 4 heterocycles. The van der Waals surface area contributed by atoms with Crippen molar-refractivity contribution in [3.8, 4) is 11.3 Å². The van der Waals surface area contributed by atoms with Crippen LogP contribution < -0.4 is 10.6 Å². The van der Waals surface area contributed by atoms with Gasteiger partial charge < -0.3 is 5.32 Å². The molecule has 11 heteroatoms. The Morgan fingerprint density at radius 2 is 1.66 bits per heavy atom. The molecule has 11 nitrogen and oxygen atoms in total. The fourth-order valence-corrected chi connectivity index (χ4v) is 6.11. The summed E-state index contributed by atoms with van der Waals surface area (Å²) < 4.78 is 1.98. The molecule has 2 aromatic carbocycles. The number of benzene rings is 2. The van der Waals surface area contributed by atoms with Crippen LogP contribution in [0.3, 0.4) is 0 Å². The van der Waals surface area contributed by atoms with E-state index in [0.29, 0.717) is 18.2 Å². The predicted molar refractivity (Wildman–Crippen MR) is 163 cm³/mol. The number of aryl methyl sites for hydroxylation is 1. The molecule has 4 aromatic rings. The van der Waals surface area contributed by atoms with E-state index in [0.717, 1.165) is 78.0 Å². The number of imide groups is 2. The van der Waals surface area contributed by atoms with Crippen molar-refractivity contribution in [3.05, 3.63) is 71.7 Å². The largest absolute Gasteiger partial charge is 0.384 e. The summed E-state index contributed by atoms with van der Waals surface area (Å²) in [6.07, 6.45) is 10.4. The van der Waals surface area contributed by atoms with E-state index in [4.69, 9.17) is 9.97 Å². The Balaban J connectivity index is 0.904. The molecule has 224 valence electrons. The van der Waals surface area contributed by atoms with Gasteiger partial charge in [0.2, 0.25) is 11.8 Å². The molecule has 44 heavy (non-hydrogen) atoms. The van der Waals surface area contributed by atoms with E-state index < -0.39 is 29.7 Å². The van der Waals surface area contributed by atoms with Gasteiger partial charge in [0.15, 0.2) is 0 Å². The van der Waals surface area contributed by atoms with Crippen molar-refractivity contribution >= 4 is 40.3 Å². The van der Waals surface area contributed by atoms with Crippen molar-refractivity contribution in [1.82, 2.24) is 30.0 Å². The molecule has 1 aliphatic carbocycles. The van der Waals surface area contributed by atoms with Crippen molar-refractivity contribution < 1.29 is 19.2 Å². The second kappa shape index (κ2) is 11.6. The topological polar surface area (TPSA) is 139 Å². The molecule has 0 bridgehead atoms. The third-order valence-corrected chi connectivity index (χ3v) is 8.57. The third kappa shape index (κ3) is 5.34. The van der Waals surface area contributed by atoms with Crippen LogP contribution in [0.15, 0.2) is 54.9 Å². The average molecular weight is 592 g/mol. The van der Waals surface area contributed by atoms with E-state index in [1.807, 2.05) is 35.1 Å². The van der Waals surface area contributed by atoms with Crippen LogP contribution in [0.4, 0.5) is 5.69 Å². The monoisotopic (exact) mass is 591 g/mol. The minimum absolute atomic E-state index is 0.0942. The number of rotatable bonds is 11. The van der Waals surface area contributed by atoms with E-state index >= 15 is 0 Å². The smallest absolute Gasteiger partial charge is 0.264 e. The van der Waals surface area contributed by atoms with Crippen LogP contribution in [-0.4, -0.2) is 60.9 Å². The van der Waals surface area contributed by atoms with Gasteiger partial charge >= 0.3 is 0 Å². The van der Waals surface area contributed by atoms with E-state index in [2.05, 4.69) is 21.9 Å². The summed E-state index contributed by atoms with van der Waals surface area (Å²) in [6.45, 7) is 1.46. The first-order chi connectivity index (χ1) is 21.5. The number of nitrogens with one attached hydrogen (secondary N) is 2. The number of hydrogen-bond acceptors (Lipinski definition) is 8. The maximum atomic E-state index is 13.3. The lowest BCUT2D eigenvalue weighted by molar-refractivity contribution is -0.136. The molecular formula is C33H33N7O4. The van der Waals surface area contributed by atoms with Crippen molar-refractivity contribution in [2.24, 2.45) is 0 Å². The molecule has 1 saturated heterocycles. The average Bonchev–Trinajstić information content (AvgIpc) is 3.72. The number of carbonyl (C=O) groups excluding carboxylic acids is 4. The first kappa shape index (κ1) is 27.9. The Morgan fingerprint density at radius 3 is 2.45 bits per heavy atom. The number of hydrogen-bond donors (Lipinski definition) is 2. The molecule has 1 saturated carbocycles. The van der Waals surface area contributed by atoms with Gasteiger partial charge in [-0.3, -0.25) is 34.1 Å². The number of fused-ring (bicyclic) bond motifs is 2. The molecule has 2 fully saturated rings. The second-order valence-electron chi connectivity index (χ2n) is 11.7. The molecule has 1 atom stereocenters. The summed E-state index contributed by atoms with van der Waals surface area (Å²) in [7, 11) is 0. The van der Waals surface area contributed by atoms with E-state index in [-0.39, 0.29) is 24.0 Å². The van der Waals surface area contributed by atoms with Gasteiger partial charge in [0.25, 0.3) is 11.8 Å². The summed E-state index contributed by atoms with van der Waals surface area (Å²) in [5, 5.41) is 10.1. The lowest BCUT2D eigenvalue weighted by atomic mass is 10.0. The quantitative estimate of drug-likeness (QED) is 0.193. The summed E-state index contributed by atoms with van der Waals surface area (Å²) in [5.74, 6) is -1.51. The standard InChI is InChI=1S/C33H33N7O4/c41-27-15-14-26(31(42)38-27)40-32(43)22-8-7-11-25(28(22)33(40)44)34-16-5-1-2-6-17-39-19-21(18-35-39)30-29(20-12-13-20)36-23-9-3-4-10-24(23)37-30/h3-4,7-11,18-20,26,34H,1-2,5-6,12-17H2,(H,38,41,42). The minimum atomic E-state index is -0.973. The van der Waals surface area contributed by atoms with Gasteiger partial charge in [0, 0.05) is 42.9 Å². The Labute approximate surface area is 254 Å². The van der Waals surface area contributed by atoms with Crippen molar-refractivity contribution in [2.75, 3.05) is 11.9 Å².